The Morgan fingerprint density at radius 2 is 1.85 bits per heavy atom. The third-order valence-corrected chi connectivity index (χ3v) is 6.82. The van der Waals surface area contributed by atoms with Gasteiger partial charge in [-0.2, -0.15) is 13.2 Å². The number of thiazole rings is 1. The number of amides is 1. The van der Waals surface area contributed by atoms with E-state index in [1.54, 1.807) is 24.3 Å². The average Bonchev–Trinajstić information content (AvgIpc) is 3.26. The molecule has 0 aliphatic carbocycles. The number of hydrogen-bond acceptors (Lipinski definition) is 5. The summed E-state index contributed by atoms with van der Waals surface area (Å²) in [6.45, 7) is 4.23. The van der Waals surface area contributed by atoms with Gasteiger partial charge in [0.05, 0.1) is 18.2 Å². The molecule has 3 aromatic rings. The van der Waals surface area contributed by atoms with E-state index in [0.29, 0.717) is 23.3 Å². The predicted octanol–water partition coefficient (Wildman–Crippen LogP) is 5.29. The monoisotopic (exact) mass is 509 g/mol. The zero-order valence-electron chi connectivity index (χ0n) is 18.2. The molecule has 0 radical (unpaired) electrons. The van der Waals surface area contributed by atoms with Crippen LogP contribution in [0.5, 0.6) is 0 Å². The van der Waals surface area contributed by atoms with Crippen LogP contribution in [-0.2, 0) is 23.9 Å². The van der Waals surface area contributed by atoms with Gasteiger partial charge in [0.15, 0.2) is 5.69 Å². The molecule has 0 atom stereocenters. The second-order valence-electron chi connectivity index (χ2n) is 7.89. The number of morpholine rings is 1. The Balaban J connectivity index is 1.42. The molecule has 180 valence electrons. The van der Waals surface area contributed by atoms with Crippen LogP contribution in [0.3, 0.4) is 0 Å². The second-order valence-corrected chi connectivity index (χ2v) is 9.29. The van der Waals surface area contributed by atoms with Crippen LogP contribution in [0.25, 0.3) is 10.6 Å². The largest absolute Gasteiger partial charge is 0.435 e. The van der Waals surface area contributed by atoms with Gasteiger partial charge in [0.2, 0.25) is 0 Å². The molecule has 34 heavy (non-hydrogen) atoms. The minimum Gasteiger partial charge on any atom is -0.379 e. The summed E-state index contributed by atoms with van der Waals surface area (Å²) in [6.07, 6.45) is -4.25. The van der Waals surface area contributed by atoms with E-state index in [-0.39, 0.29) is 16.6 Å². The van der Waals surface area contributed by atoms with Gasteiger partial charge in [-0.15, -0.1) is 11.3 Å². The number of carbonyl (C=O) groups is 1. The van der Waals surface area contributed by atoms with E-state index >= 15 is 0 Å². The predicted molar refractivity (Wildman–Crippen MR) is 126 cm³/mol. The zero-order valence-corrected chi connectivity index (χ0v) is 19.8. The van der Waals surface area contributed by atoms with E-state index in [2.05, 4.69) is 21.3 Å². The van der Waals surface area contributed by atoms with Crippen LogP contribution in [0.4, 0.5) is 13.2 Å². The molecule has 1 aliphatic rings. The molecular weight excluding hydrogens is 487 g/mol. The van der Waals surface area contributed by atoms with E-state index in [1.165, 1.54) is 0 Å². The van der Waals surface area contributed by atoms with Crippen molar-refractivity contribution < 1.29 is 22.7 Å². The molecule has 1 fully saturated rings. The number of nitrogens with one attached hydrogen (secondary N) is 1. The van der Waals surface area contributed by atoms with Crippen LogP contribution in [0.1, 0.15) is 26.5 Å². The van der Waals surface area contributed by atoms with Gasteiger partial charge in [0.1, 0.15) is 9.88 Å². The summed E-state index contributed by atoms with van der Waals surface area (Å²) in [5.41, 5.74) is 1.31. The molecule has 1 amide bonds. The van der Waals surface area contributed by atoms with Crippen molar-refractivity contribution in [2.75, 3.05) is 32.8 Å². The van der Waals surface area contributed by atoms with Gasteiger partial charge < -0.3 is 10.1 Å². The van der Waals surface area contributed by atoms with Crippen LogP contribution in [-0.4, -0.2) is 48.6 Å². The van der Waals surface area contributed by atoms with E-state index < -0.39 is 22.7 Å². The summed E-state index contributed by atoms with van der Waals surface area (Å²) in [5.74, 6) is -0.799. The molecule has 2 aromatic carbocycles. The van der Waals surface area contributed by atoms with E-state index in [0.717, 1.165) is 44.0 Å². The lowest BCUT2D eigenvalue weighted by molar-refractivity contribution is -0.141. The SMILES string of the molecule is O=C(NCCc1cccc(CN2CCOCC2)c1)c1sc(-c2ccccc2Cl)nc1C(F)(F)F. The molecule has 0 unspecified atom stereocenters. The van der Waals surface area contributed by atoms with Gasteiger partial charge in [-0.3, -0.25) is 9.69 Å². The first-order valence-corrected chi connectivity index (χ1v) is 12.0. The van der Waals surface area contributed by atoms with Crippen molar-refractivity contribution in [3.63, 3.8) is 0 Å². The van der Waals surface area contributed by atoms with Crippen molar-refractivity contribution in [2.45, 2.75) is 19.1 Å². The highest BCUT2D eigenvalue weighted by atomic mass is 35.5. The fourth-order valence-electron chi connectivity index (χ4n) is 3.72. The third kappa shape index (κ3) is 6.15. The maximum atomic E-state index is 13.6. The van der Waals surface area contributed by atoms with Gasteiger partial charge in [-0.25, -0.2) is 4.98 Å². The molecule has 0 bridgehead atoms. The molecule has 5 nitrogen and oxygen atoms in total. The van der Waals surface area contributed by atoms with Gasteiger partial charge in [0, 0.05) is 31.7 Å². The normalized spacial score (nSPS) is 14.8. The minimum atomic E-state index is -4.75. The van der Waals surface area contributed by atoms with Crippen molar-refractivity contribution in [1.29, 1.82) is 0 Å². The van der Waals surface area contributed by atoms with Crippen molar-refractivity contribution >= 4 is 28.8 Å². The second kappa shape index (κ2) is 10.9. The summed E-state index contributed by atoms with van der Waals surface area (Å²) >= 11 is 6.80. The van der Waals surface area contributed by atoms with Gasteiger partial charge in [-0.1, -0.05) is 54.1 Å². The van der Waals surface area contributed by atoms with Crippen molar-refractivity contribution in [3.05, 3.63) is 75.3 Å². The van der Waals surface area contributed by atoms with Crippen LogP contribution < -0.4 is 5.32 Å². The van der Waals surface area contributed by atoms with Crippen molar-refractivity contribution in [2.24, 2.45) is 0 Å². The third-order valence-electron chi connectivity index (χ3n) is 5.41. The lowest BCUT2D eigenvalue weighted by Crippen LogP contribution is -2.35. The van der Waals surface area contributed by atoms with Gasteiger partial charge in [0.25, 0.3) is 5.91 Å². The van der Waals surface area contributed by atoms with Crippen molar-refractivity contribution in [1.82, 2.24) is 15.2 Å². The topological polar surface area (TPSA) is 54.5 Å². The number of aromatic nitrogens is 1. The maximum Gasteiger partial charge on any atom is 0.435 e. The number of carbonyl (C=O) groups excluding carboxylic acids is 1. The van der Waals surface area contributed by atoms with E-state index in [4.69, 9.17) is 16.3 Å². The zero-order chi connectivity index (χ0) is 24.1. The van der Waals surface area contributed by atoms with E-state index in [9.17, 15) is 18.0 Å². The maximum absolute atomic E-state index is 13.6. The lowest BCUT2D eigenvalue weighted by Gasteiger charge is -2.26. The Hall–Kier alpha value is -2.46. The number of nitrogens with zero attached hydrogens (tertiary/aromatic N) is 2. The number of benzene rings is 2. The number of alkyl halides is 3. The first kappa shape index (κ1) is 24.7. The van der Waals surface area contributed by atoms with Gasteiger partial charge >= 0.3 is 6.18 Å². The summed E-state index contributed by atoms with van der Waals surface area (Å²) in [5, 5.41) is 2.94. The quantitative estimate of drug-likeness (QED) is 0.470. The number of rotatable bonds is 7. The fourth-order valence-corrected chi connectivity index (χ4v) is 5.04. The molecule has 1 aliphatic heterocycles. The number of ether oxygens (including phenoxy) is 1. The molecule has 1 aromatic heterocycles. The number of halogens is 4. The van der Waals surface area contributed by atoms with Crippen LogP contribution in [0.15, 0.2) is 48.5 Å². The standard InChI is InChI=1S/C24H23ClF3N3O2S/c25-19-7-2-1-6-18(19)23-30-21(24(26,27)28)20(34-23)22(32)29-9-8-16-4-3-5-17(14-16)15-31-10-12-33-13-11-31/h1-7,14H,8-13,15H2,(H,29,32). The molecule has 10 heteroatoms. The molecule has 1 saturated heterocycles. The summed E-state index contributed by atoms with van der Waals surface area (Å²) in [6, 6.07) is 14.5. The van der Waals surface area contributed by atoms with Crippen molar-refractivity contribution in [3.8, 4) is 10.6 Å². The van der Waals surface area contributed by atoms with Crippen LogP contribution >= 0.6 is 22.9 Å². The molecule has 1 N–H and O–H groups in total. The van der Waals surface area contributed by atoms with E-state index in [1.807, 2.05) is 18.2 Å². The summed E-state index contributed by atoms with van der Waals surface area (Å²) in [4.78, 5) is 18.2. The Labute approximate surface area is 204 Å². The highest BCUT2D eigenvalue weighted by Crippen LogP contribution is 2.39. The number of hydrogen-bond donors (Lipinski definition) is 1. The first-order valence-electron chi connectivity index (χ1n) is 10.8. The summed E-state index contributed by atoms with van der Waals surface area (Å²) in [7, 11) is 0. The van der Waals surface area contributed by atoms with Crippen LogP contribution in [0.2, 0.25) is 5.02 Å². The smallest absolute Gasteiger partial charge is 0.379 e. The highest BCUT2D eigenvalue weighted by molar-refractivity contribution is 7.17. The fraction of sp³-hybridized carbons (Fsp3) is 0.333. The average molecular weight is 510 g/mol. The lowest BCUT2D eigenvalue weighted by atomic mass is 10.1. The van der Waals surface area contributed by atoms with Crippen LogP contribution in [0, 0.1) is 0 Å². The molecular formula is C24H23ClF3N3O2S. The Morgan fingerprint density at radius 1 is 1.12 bits per heavy atom. The molecule has 2 heterocycles. The molecule has 0 spiro atoms. The Bertz CT molecular complexity index is 1150. The molecule has 4 rings (SSSR count). The summed E-state index contributed by atoms with van der Waals surface area (Å²) < 4.78 is 46.1. The molecule has 0 saturated carbocycles. The van der Waals surface area contributed by atoms with Gasteiger partial charge in [-0.05, 0) is 23.6 Å². The minimum absolute atomic E-state index is 0.0545. The first-order chi connectivity index (χ1) is 16.3. The Morgan fingerprint density at radius 3 is 2.59 bits per heavy atom. The Kier molecular flexibility index (Phi) is 7.88. The highest BCUT2D eigenvalue weighted by Gasteiger charge is 2.39.